The van der Waals surface area contributed by atoms with Crippen molar-refractivity contribution >= 4 is 11.9 Å². The summed E-state index contributed by atoms with van der Waals surface area (Å²) in [4.78, 5) is 23.0. The molecule has 0 unspecified atom stereocenters. The van der Waals surface area contributed by atoms with E-state index in [1.807, 2.05) is 18.9 Å². The molecule has 6 heteroatoms. The highest BCUT2D eigenvalue weighted by molar-refractivity contribution is 5.92. The molecule has 0 atom stereocenters. The summed E-state index contributed by atoms with van der Waals surface area (Å²) in [6.45, 7) is 5.13. The molecule has 2 aromatic rings. The van der Waals surface area contributed by atoms with Crippen molar-refractivity contribution in [2.45, 2.75) is 33.2 Å². The smallest absolute Gasteiger partial charge is 0.270 e. The van der Waals surface area contributed by atoms with Gasteiger partial charge in [0.25, 0.3) is 5.91 Å². The first-order chi connectivity index (χ1) is 11.5. The summed E-state index contributed by atoms with van der Waals surface area (Å²) in [5.41, 5.74) is 1.91. The zero-order chi connectivity index (χ0) is 17.5. The number of halogens is 1. The minimum atomic E-state index is -0.295. The maximum Gasteiger partial charge on any atom is 0.270 e. The first kappa shape index (κ1) is 17.8. The molecular weight excluding hydrogens is 307 g/mol. The van der Waals surface area contributed by atoms with Gasteiger partial charge in [0.05, 0.1) is 0 Å². The Morgan fingerprint density at radius 1 is 1.25 bits per heavy atom. The lowest BCUT2D eigenvalue weighted by Crippen LogP contribution is -2.26. The molecule has 1 heterocycles. The molecule has 0 bridgehead atoms. The summed E-state index contributed by atoms with van der Waals surface area (Å²) < 4.78 is 12.9. The Balaban J connectivity index is 2.05. The molecule has 1 aromatic carbocycles. The summed E-state index contributed by atoms with van der Waals surface area (Å²) >= 11 is 0. The highest BCUT2D eigenvalue weighted by Gasteiger charge is 2.12. The molecule has 1 N–H and O–H groups in total. The van der Waals surface area contributed by atoms with E-state index >= 15 is 0 Å². The van der Waals surface area contributed by atoms with Crippen LogP contribution >= 0.6 is 0 Å². The fourth-order valence-corrected chi connectivity index (χ4v) is 2.21. The fraction of sp³-hybridized carbons (Fsp3) is 0.389. The van der Waals surface area contributed by atoms with E-state index in [1.165, 1.54) is 12.1 Å². The number of hydrogen-bond donors (Lipinski definition) is 1. The summed E-state index contributed by atoms with van der Waals surface area (Å²) in [6.07, 6.45) is 2.13. The van der Waals surface area contributed by atoms with Crippen molar-refractivity contribution in [2.75, 3.05) is 18.5 Å². The summed E-state index contributed by atoms with van der Waals surface area (Å²) in [6, 6.07) is 7.70. The number of aryl methyl sites for hydroxylation is 1. The second-order valence-electron chi connectivity index (χ2n) is 5.78. The van der Waals surface area contributed by atoms with E-state index in [0.717, 1.165) is 30.6 Å². The van der Waals surface area contributed by atoms with Gasteiger partial charge in [-0.2, -0.15) is 0 Å². The number of nitrogens with one attached hydrogen (secondary N) is 1. The van der Waals surface area contributed by atoms with E-state index < -0.39 is 0 Å². The molecule has 1 aromatic heterocycles. The minimum absolute atomic E-state index is 0.269. The predicted molar refractivity (Wildman–Crippen MR) is 92.5 cm³/mol. The molecule has 0 radical (unpaired) electrons. The lowest BCUT2D eigenvalue weighted by atomic mass is 10.2. The number of unbranched alkanes of at least 4 members (excludes halogenated alkanes) is 1. The van der Waals surface area contributed by atoms with Gasteiger partial charge in [-0.25, -0.2) is 14.4 Å². The van der Waals surface area contributed by atoms with E-state index in [-0.39, 0.29) is 11.7 Å². The highest BCUT2D eigenvalue weighted by Crippen LogP contribution is 2.10. The van der Waals surface area contributed by atoms with E-state index in [9.17, 15) is 9.18 Å². The van der Waals surface area contributed by atoms with Gasteiger partial charge in [-0.15, -0.1) is 0 Å². The van der Waals surface area contributed by atoms with Gasteiger partial charge in [0, 0.05) is 25.8 Å². The number of hydrogen-bond acceptors (Lipinski definition) is 4. The average molecular weight is 330 g/mol. The number of carbonyl (C=O) groups excluding carboxylic acids is 1. The van der Waals surface area contributed by atoms with E-state index in [1.54, 1.807) is 18.2 Å². The van der Waals surface area contributed by atoms with E-state index in [4.69, 9.17) is 0 Å². The Labute approximate surface area is 141 Å². The van der Waals surface area contributed by atoms with Gasteiger partial charge in [0.2, 0.25) is 5.95 Å². The molecule has 0 spiro atoms. The van der Waals surface area contributed by atoms with Crippen LogP contribution in [0.25, 0.3) is 0 Å². The van der Waals surface area contributed by atoms with E-state index in [0.29, 0.717) is 18.2 Å². The third-order valence-electron chi connectivity index (χ3n) is 3.63. The second-order valence-corrected chi connectivity index (χ2v) is 5.78. The lowest BCUT2D eigenvalue weighted by molar-refractivity contribution is 0.0945. The van der Waals surface area contributed by atoms with Crippen molar-refractivity contribution in [3.8, 4) is 0 Å². The molecule has 1 amide bonds. The van der Waals surface area contributed by atoms with Gasteiger partial charge in [-0.05, 0) is 37.1 Å². The average Bonchev–Trinajstić information content (AvgIpc) is 2.58. The zero-order valence-corrected chi connectivity index (χ0v) is 14.3. The minimum Gasteiger partial charge on any atom is -0.347 e. The van der Waals surface area contributed by atoms with Gasteiger partial charge in [0.1, 0.15) is 11.5 Å². The molecule has 2 rings (SSSR count). The summed E-state index contributed by atoms with van der Waals surface area (Å²) in [7, 11) is 1.92. The summed E-state index contributed by atoms with van der Waals surface area (Å²) in [5.74, 6) is -0.0124. The monoisotopic (exact) mass is 330 g/mol. The maximum absolute atomic E-state index is 12.9. The topological polar surface area (TPSA) is 58.1 Å². The van der Waals surface area contributed by atoms with Crippen molar-refractivity contribution in [3.05, 3.63) is 53.1 Å². The van der Waals surface area contributed by atoms with Crippen LogP contribution in [0.4, 0.5) is 10.3 Å². The SMILES string of the molecule is CCCCN(C)c1nc(C)cc(C(=O)NCc2ccc(F)cc2)n1. The molecular formula is C18H23FN4O. The Morgan fingerprint density at radius 3 is 2.62 bits per heavy atom. The van der Waals surface area contributed by atoms with Crippen LogP contribution in [0.1, 0.15) is 41.5 Å². The van der Waals surface area contributed by atoms with Gasteiger partial charge >= 0.3 is 0 Å². The molecule has 0 aliphatic rings. The molecule has 128 valence electrons. The van der Waals surface area contributed by atoms with Gasteiger partial charge in [-0.1, -0.05) is 25.5 Å². The first-order valence-corrected chi connectivity index (χ1v) is 8.09. The fourth-order valence-electron chi connectivity index (χ4n) is 2.21. The maximum atomic E-state index is 12.9. The third-order valence-corrected chi connectivity index (χ3v) is 3.63. The normalized spacial score (nSPS) is 10.5. The number of nitrogens with zero attached hydrogens (tertiary/aromatic N) is 3. The number of amides is 1. The number of anilines is 1. The van der Waals surface area contributed by atoms with Crippen molar-refractivity contribution in [3.63, 3.8) is 0 Å². The van der Waals surface area contributed by atoms with Crippen molar-refractivity contribution in [2.24, 2.45) is 0 Å². The van der Waals surface area contributed by atoms with Gasteiger partial charge in [-0.3, -0.25) is 4.79 Å². The van der Waals surface area contributed by atoms with Crippen molar-refractivity contribution in [1.82, 2.24) is 15.3 Å². The Morgan fingerprint density at radius 2 is 1.96 bits per heavy atom. The van der Waals surface area contributed by atoms with Crippen molar-refractivity contribution in [1.29, 1.82) is 0 Å². The largest absolute Gasteiger partial charge is 0.347 e. The molecule has 0 saturated carbocycles. The Bertz CT molecular complexity index is 688. The molecule has 0 aliphatic heterocycles. The number of aromatic nitrogens is 2. The Hall–Kier alpha value is -2.50. The molecule has 0 aliphatic carbocycles. The third kappa shape index (κ3) is 5.01. The van der Waals surface area contributed by atoms with E-state index in [2.05, 4.69) is 22.2 Å². The van der Waals surface area contributed by atoms with Crippen LogP contribution < -0.4 is 10.2 Å². The lowest BCUT2D eigenvalue weighted by Gasteiger charge is -2.17. The van der Waals surface area contributed by atoms with Crippen LogP contribution in [0.2, 0.25) is 0 Å². The molecule has 24 heavy (non-hydrogen) atoms. The van der Waals surface area contributed by atoms with Crippen LogP contribution in [-0.4, -0.2) is 29.5 Å². The molecule has 5 nitrogen and oxygen atoms in total. The van der Waals surface area contributed by atoms with Gasteiger partial charge < -0.3 is 10.2 Å². The number of rotatable bonds is 7. The molecule has 0 fully saturated rings. The van der Waals surface area contributed by atoms with Crippen LogP contribution in [0, 0.1) is 12.7 Å². The molecule has 0 saturated heterocycles. The highest BCUT2D eigenvalue weighted by atomic mass is 19.1. The quantitative estimate of drug-likeness (QED) is 0.847. The Kier molecular flexibility index (Phi) is 6.23. The van der Waals surface area contributed by atoms with Gasteiger partial charge in [0.15, 0.2) is 0 Å². The van der Waals surface area contributed by atoms with Crippen LogP contribution in [0.3, 0.4) is 0 Å². The zero-order valence-electron chi connectivity index (χ0n) is 14.3. The van der Waals surface area contributed by atoms with Crippen LogP contribution in [-0.2, 0) is 6.54 Å². The predicted octanol–water partition coefficient (Wildman–Crippen LogP) is 3.09. The first-order valence-electron chi connectivity index (χ1n) is 8.09. The van der Waals surface area contributed by atoms with Crippen LogP contribution in [0.15, 0.2) is 30.3 Å². The van der Waals surface area contributed by atoms with Crippen molar-refractivity contribution < 1.29 is 9.18 Å². The number of benzene rings is 1. The summed E-state index contributed by atoms with van der Waals surface area (Å²) in [5, 5.41) is 2.80. The number of carbonyl (C=O) groups is 1. The second kappa shape index (κ2) is 8.38. The standard InChI is InChI=1S/C18H23FN4O/c1-4-5-10-23(3)18-21-13(2)11-16(22-18)17(24)20-12-14-6-8-15(19)9-7-14/h6-9,11H,4-5,10,12H2,1-3H3,(H,20,24). The van der Waals surface area contributed by atoms with Crippen LogP contribution in [0.5, 0.6) is 0 Å².